The van der Waals surface area contributed by atoms with Crippen molar-refractivity contribution in [2.75, 3.05) is 0 Å². The normalized spacial score (nSPS) is 11.6. The number of benzene rings is 9. The van der Waals surface area contributed by atoms with Crippen molar-refractivity contribution in [2.45, 2.75) is 185 Å². The van der Waals surface area contributed by atoms with Crippen molar-refractivity contribution in [1.82, 2.24) is 44.9 Å². The van der Waals surface area contributed by atoms with Crippen molar-refractivity contribution in [1.29, 1.82) is 0 Å². The Kier molecular flexibility index (Phi) is 38.2. The van der Waals surface area contributed by atoms with Crippen molar-refractivity contribution < 1.29 is 73.6 Å². The third kappa shape index (κ3) is 27.7. The van der Waals surface area contributed by atoms with Crippen molar-refractivity contribution in [2.24, 2.45) is 11.3 Å². The van der Waals surface area contributed by atoms with Crippen molar-refractivity contribution in [3.8, 4) is 101 Å². The van der Waals surface area contributed by atoms with Crippen LogP contribution in [-0.4, -0.2) is 84.7 Å². The standard InChI is InChI=1S/C27H23N2O.2C26H21N2O.3C17H22GeN.3Ir/c1-27(2,3)17-18-12-14-28-23(16-18)21-10-7-11-22-24-20(19-8-5-4-6-9-19)13-15-29-26(24)30-25(21)22;1-26(2,3)18-12-14-27-22(16-18)20-10-7-11-21-23-19(17-8-5-4-6-9-17)13-15-28-25(23)29-24(20)21;1-17(2)13-18-11-12-27-24(14-18)22-10-6-9-21-23-15-20(19-7-4-3-5-8-19)16-28-26(23)29-25(21)22;3*1-13(2)15-11-17(14-9-7-6-8-10-14)19-12-16(15)18(3,4)5;;;/h4-9,11-16H,17H2,1-3H3;4-9,11-16H,1-3H3;3-9,11-12,14-17H,13H2,1-2H3;3*6-9,11-13H,1-5H3;;;/q6*-1;;;. The Hall–Kier alpha value is -11.7. The van der Waals surface area contributed by atoms with E-state index in [4.69, 9.17) is 13.3 Å². The van der Waals surface area contributed by atoms with Gasteiger partial charge in [0.2, 0.25) is 17.1 Å². The van der Waals surface area contributed by atoms with Gasteiger partial charge in [0.1, 0.15) is 0 Å². The molecule has 0 unspecified atom stereocenters. The molecule has 0 saturated heterocycles. The number of pyridine rings is 9. The summed E-state index contributed by atoms with van der Waals surface area (Å²) in [6.07, 6.45) is 19.4. The van der Waals surface area contributed by atoms with Gasteiger partial charge in [-0.3, -0.25) is 0 Å². The zero-order valence-corrected chi connectivity index (χ0v) is 103. The Labute approximate surface area is 924 Å². The summed E-state index contributed by atoms with van der Waals surface area (Å²) in [5, 5.41) is 6.16. The summed E-state index contributed by atoms with van der Waals surface area (Å²) in [6, 6.07) is 113. The van der Waals surface area contributed by atoms with E-state index in [1.807, 2.05) is 176 Å². The number of hydrogen-bond donors (Lipinski definition) is 0. The van der Waals surface area contributed by atoms with E-state index in [0.29, 0.717) is 40.8 Å². The van der Waals surface area contributed by atoms with Crippen LogP contribution in [0.15, 0.2) is 342 Å². The summed E-state index contributed by atoms with van der Waals surface area (Å²) < 4.78 is 23.2. The van der Waals surface area contributed by atoms with Crippen LogP contribution in [0.25, 0.3) is 167 Å². The second-order valence-corrected chi connectivity index (χ2v) is 75.7. The van der Waals surface area contributed by atoms with Gasteiger partial charge in [-0.2, -0.15) is 0 Å². The minimum atomic E-state index is -1.85. The monoisotopic (exact) mass is 2670 g/mol. The van der Waals surface area contributed by atoms with Crippen LogP contribution in [0.2, 0.25) is 51.8 Å². The zero-order chi connectivity index (χ0) is 103. The third-order valence-electron chi connectivity index (χ3n) is 25.7. The number of hydrogen-bond acceptors (Lipinski definition) is 12. The van der Waals surface area contributed by atoms with Crippen LogP contribution in [0.4, 0.5) is 0 Å². The van der Waals surface area contributed by atoms with Gasteiger partial charge in [0.25, 0.3) is 0 Å². The summed E-state index contributed by atoms with van der Waals surface area (Å²) >= 11 is -5.55. The SMILES string of the molecule is CC(C)(C)Cc1ccnc(-c2[c-]ccc3c2oc2nccc(-c4ccccc4)c23)c1.CC(C)(C)c1ccnc(-c2[c-]ccc3c2oc2nccc(-c4ccccc4)c23)c1.CC(C)Cc1ccnc(-c2[c-]ccc3c2oc2ncc(-c4ccccc4)cc23)c1.CC(C)c1cc(-c2[c-]cccc2)nc[c]1[Ge]([CH3])([CH3])[CH3].CC(C)c1cc(-c2[c-]cccc2)nc[c]1[Ge]([CH3])([CH3])[CH3].CC(C)c1cc(-c2[c-]cccc2)nc[c]1[Ge]([CH3])([CH3])[CH3].[Ir].[Ir].[Ir]. The summed E-state index contributed by atoms with van der Waals surface area (Å²) in [6.45, 7) is 31.4. The van der Waals surface area contributed by atoms with E-state index in [1.165, 1.54) is 46.6 Å². The Balaban J connectivity index is 0.000000149. The fourth-order valence-electron chi connectivity index (χ4n) is 18.4. The molecule has 759 valence electrons. The predicted molar refractivity (Wildman–Crippen MR) is 614 cm³/mol. The summed E-state index contributed by atoms with van der Waals surface area (Å²) in [7, 11) is 0. The molecule has 148 heavy (non-hydrogen) atoms. The molecule has 18 heteroatoms. The van der Waals surface area contributed by atoms with Crippen LogP contribution in [0.5, 0.6) is 0 Å². The van der Waals surface area contributed by atoms with Crippen LogP contribution in [0, 0.1) is 47.7 Å². The molecule has 0 amide bonds. The number of rotatable bonds is 18. The van der Waals surface area contributed by atoms with Crippen LogP contribution in [0.3, 0.4) is 0 Å². The molecule has 0 N–H and O–H groups in total. The quantitative estimate of drug-likeness (QED) is 0.0593. The van der Waals surface area contributed by atoms with Crippen molar-refractivity contribution in [3.05, 3.63) is 399 Å². The molecule has 0 spiro atoms. The van der Waals surface area contributed by atoms with Gasteiger partial charge in [0, 0.05) is 119 Å². The van der Waals surface area contributed by atoms with Crippen LogP contribution >= 0.6 is 0 Å². The van der Waals surface area contributed by atoms with E-state index >= 15 is 0 Å². The number of fused-ring (bicyclic) bond motifs is 9. The molecule has 21 aromatic rings. The topological polar surface area (TPSA) is 155 Å². The molecule has 0 aliphatic rings. The Morgan fingerprint density at radius 3 is 1.01 bits per heavy atom. The van der Waals surface area contributed by atoms with Crippen LogP contribution in [-0.2, 0) is 78.6 Å². The van der Waals surface area contributed by atoms with Gasteiger partial charge >= 0.3 is 357 Å². The number of furan rings is 3. The summed E-state index contributed by atoms with van der Waals surface area (Å²) in [5.74, 6) is 24.1. The van der Waals surface area contributed by atoms with Gasteiger partial charge in [-0.15, -0.1) is 54.6 Å². The predicted octanol–water partition coefficient (Wildman–Crippen LogP) is 33.3. The Bertz CT molecular complexity index is 7780. The second-order valence-electron chi connectivity index (χ2n) is 44.0. The fraction of sp³-hybridized carbons (Fsp3) is 0.238. The first-order valence-electron chi connectivity index (χ1n) is 50.5. The average Bonchev–Trinajstić information content (AvgIpc) is 1.60. The Morgan fingerprint density at radius 2 is 0.642 bits per heavy atom. The van der Waals surface area contributed by atoms with E-state index in [0.717, 1.165) is 163 Å². The van der Waals surface area contributed by atoms with Gasteiger partial charge in [0.15, 0.2) is 0 Å². The fourth-order valence-corrected chi connectivity index (χ4v) is 29.0. The average molecular weight is 2660 g/mol. The maximum absolute atomic E-state index is 6.26. The number of aromatic nitrogens is 9. The van der Waals surface area contributed by atoms with E-state index in [9.17, 15) is 0 Å². The molecule has 0 fully saturated rings. The summed E-state index contributed by atoms with van der Waals surface area (Å²) in [5.41, 5.74) is 31.0. The van der Waals surface area contributed by atoms with Crippen molar-refractivity contribution >= 4 is 119 Å². The maximum atomic E-state index is 6.26. The number of nitrogens with zero attached hydrogens (tertiary/aromatic N) is 9. The first kappa shape index (κ1) is 113. The molecule has 12 aromatic heterocycles. The molecule has 0 saturated carbocycles. The molecule has 3 radical (unpaired) electrons. The van der Waals surface area contributed by atoms with E-state index in [-0.39, 0.29) is 71.1 Å². The van der Waals surface area contributed by atoms with E-state index in [1.54, 1.807) is 12.4 Å². The Morgan fingerprint density at radius 1 is 0.291 bits per heavy atom. The molecule has 12 nitrogen and oxygen atoms in total. The minimum Gasteiger partial charge on any atom is 0 e. The van der Waals surface area contributed by atoms with Crippen LogP contribution < -0.4 is 13.2 Å². The molecule has 12 heterocycles. The molecule has 0 bridgehead atoms. The zero-order valence-electron chi connectivity index (χ0n) is 89.2. The first-order chi connectivity index (χ1) is 69.4. The van der Waals surface area contributed by atoms with Gasteiger partial charge in [-0.05, 0) is 116 Å². The molecular formula is C130H131Ge3Ir3N9O3-6. The minimum absolute atomic E-state index is 0. The first-order valence-corrected chi connectivity index (χ1v) is 72.5. The van der Waals surface area contributed by atoms with E-state index in [2.05, 4.69) is 370 Å². The molecular weight excluding hydrogens is 2530 g/mol. The molecule has 9 aromatic carbocycles. The van der Waals surface area contributed by atoms with E-state index < -0.39 is 39.8 Å². The van der Waals surface area contributed by atoms with Crippen molar-refractivity contribution in [3.63, 3.8) is 0 Å². The van der Waals surface area contributed by atoms with Gasteiger partial charge in [0.05, 0.1) is 16.7 Å². The maximum Gasteiger partial charge on any atom is 0 e. The molecule has 0 aliphatic heterocycles. The second kappa shape index (κ2) is 49.8. The molecule has 21 rings (SSSR count). The smallest absolute Gasteiger partial charge is 0 e. The van der Waals surface area contributed by atoms with Crippen LogP contribution in [0.1, 0.15) is 148 Å². The van der Waals surface area contributed by atoms with Gasteiger partial charge in [-0.25, -0.2) is 15.0 Å². The summed E-state index contributed by atoms with van der Waals surface area (Å²) in [4.78, 5) is 41.4. The largest absolute Gasteiger partial charge is 0 e. The molecule has 0 atom stereocenters. The van der Waals surface area contributed by atoms with Gasteiger partial charge in [-0.1, -0.05) is 209 Å². The van der Waals surface area contributed by atoms with Gasteiger partial charge < -0.3 is 28.2 Å². The molecule has 0 aliphatic carbocycles. The third-order valence-corrected chi connectivity index (χ3v) is 38.5.